The maximum absolute atomic E-state index is 15.0. The lowest BCUT2D eigenvalue weighted by atomic mass is 9.99. The molecule has 1 fully saturated rings. The molecule has 3 aromatic heterocycles. The van der Waals surface area contributed by atoms with Gasteiger partial charge in [-0.3, -0.25) is 9.97 Å². The number of aromatic amines is 1. The Hall–Kier alpha value is -2.96. The number of benzene rings is 1. The predicted molar refractivity (Wildman–Crippen MR) is 121 cm³/mol. The normalized spacial score (nSPS) is 16.2. The van der Waals surface area contributed by atoms with E-state index in [0.29, 0.717) is 40.1 Å². The molecule has 0 saturated carbocycles. The minimum Gasteiger partial charge on any atom is -0.490 e. The number of rotatable bonds is 5. The maximum Gasteiger partial charge on any atom is 0.146 e. The monoisotopic (exact) mass is 436 g/mol. The van der Waals surface area contributed by atoms with Gasteiger partial charge in [-0.05, 0) is 62.2 Å². The number of hydrogen-bond donors (Lipinski definition) is 2. The minimum absolute atomic E-state index is 0.324. The lowest BCUT2D eigenvalue weighted by molar-refractivity contribution is 0.277. The van der Waals surface area contributed by atoms with Crippen LogP contribution in [0.25, 0.3) is 33.4 Å². The number of aryl methyl sites for hydroxylation is 1. The molecule has 0 unspecified atom stereocenters. The van der Waals surface area contributed by atoms with E-state index in [-0.39, 0.29) is 5.82 Å². The fraction of sp³-hybridized carbons (Fsp3) is 0.250. The molecule has 4 aromatic rings. The van der Waals surface area contributed by atoms with Gasteiger partial charge in [0.05, 0.1) is 22.9 Å². The van der Waals surface area contributed by atoms with Gasteiger partial charge in [-0.25, -0.2) is 4.39 Å². The van der Waals surface area contributed by atoms with Crippen molar-refractivity contribution in [2.45, 2.75) is 25.8 Å². The number of H-pyrrole nitrogens is 1. The van der Waals surface area contributed by atoms with Crippen LogP contribution in [-0.2, 0) is 0 Å². The molecule has 0 bridgehead atoms. The number of nitrogens with zero attached hydrogens (tertiary/aromatic N) is 2. The number of halogens is 2. The highest BCUT2D eigenvalue weighted by molar-refractivity contribution is 6.31. The molecule has 0 aliphatic carbocycles. The minimum atomic E-state index is -0.360. The first-order chi connectivity index (χ1) is 15.1. The lowest BCUT2D eigenvalue weighted by Gasteiger charge is -2.15. The molecule has 1 atom stereocenters. The Kier molecular flexibility index (Phi) is 5.34. The SMILES string of the molecule is Cc1ccnc2c(-c3cc(Cl)ccc3F)c(-c3ccncc3OC[C@@H]3CCCN3)[nH]c12. The summed E-state index contributed by atoms with van der Waals surface area (Å²) in [4.78, 5) is 12.3. The zero-order chi connectivity index (χ0) is 21.4. The zero-order valence-electron chi connectivity index (χ0n) is 17.1. The highest BCUT2D eigenvalue weighted by Gasteiger charge is 2.23. The quantitative estimate of drug-likeness (QED) is 0.432. The predicted octanol–water partition coefficient (Wildman–Crippen LogP) is 5.52. The van der Waals surface area contributed by atoms with Gasteiger partial charge in [0, 0.05) is 40.1 Å². The van der Waals surface area contributed by atoms with Crippen LogP contribution >= 0.6 is 11.6 Å². The number of hydrogen-bond acceptors (Lipinski definition) is 4. The average Bonchev–Trinajstić information content (AvgIpc) is 3.43. The van der Waals surface area contributed by atoms with Gasteiger partial charge in [-0.15, -0.1) is 0 Å². The molecule has 7 heteroatoms. The smallest absolute Gasteiger partial charge is 0.146 e. The van der Waals surface area contributed by atoms with Crippen molar-refractivity contribution in [2.24, 2.45) is 0 Å². The number of aromatic nitrogens is 3. The van der Waals surface area contributed by atoms with Gasteiger partial charge in [-0.1, -0.05) is 11.6 Å². The van der Waals surface area contributed by atoms with Gasteiger partial charge >= 0.3 is 0 Å². The van der Waals surface area contributed by atoms with Crippen LogP contribution in [0.15, 0.2) is 48.9 Å². The molecule has 1 saturated heterocycles. The molecule has 4 heterocycles. The number of pyridine rings is 2. The topological polar surface area (TPSA) is 62.8 Å². The van der Waals surface area contributed by atoms with Gasteiger partial charge < -0.3 is 15.0 Å². The average molecular weight is 437 g/mol. The van der Waals surface area contributed by atoms with Crippen molar-refractivity contribution in [1.29, 1.82) is 0 Å². The van der Waals surface area contributed by atoms with E-state index in [9.17, 15) is 4.39 Å². The first-order valence-electron chi connectivity index (χ1n) is 10.3. The Labute approximate surface area is 184 Å². The van der Waals surface area contributed by atoms with Crippen molar-refractivity contribution in [3.8, 4) is 28.1 Å². The summed E-state index contributed by atoms with van der Waals surface area (Å²) in [5.41, 5.74) is 5.16. The summed E-state index contributed by atoms with van der Waals surface area (Å²) in [6, 6.07) is 8.69. The van der Waals surface area contributed by atoms with Crippen molar-refractivity contribution in [3.05, 3.63) is 65.3 Å². The van der Waals surface area contributed by atoms with E-state index < -0.39 is 0 Å². The molecular weight excluding hydrogens is 415 g/mol. The Morgan fingerprint density at radius 1 is 1.19 bits per heavy atom. The number of ether oxygens (including phenoxy) is 1. The first-order valence-corrected chi connectivity index (χ1v) is 10.7. The van der Waals surface area contributed by atoms with E-state index in [0.717, 1.165) is 41.7 Å². The van der Waals surface area contributed by atoms with Crippen LogP contribution in [0.4, 0.5) is 4.39 Å². The van der Waals surface area contributed by atoms with Crippen LogP contribution in [0.3, 0.4) is 0 Å². The second-order valence-corrected chi connectivity index (χ2v) is 8.26. The Morgan fingerprint density at radius 3 is 2.94 bits per heavy atom. The summed E-state index contributed by atoms with van der Waals surface area (Å²) < 4.78 is 21.1. The van der Waals surface area contributed by atoms with Crippen LogP contribution in [0.5, 0.6) is 5.75 Å². The molecule has 0 radical (unpaired) electrons. The Bertz CT molecular complexity index is 1250. The molecule has 0 spiro atoms. The van der Waals surface area contributed by atoms with Crippen molar-refractivity contribution < 1.29 is 9.13 Å². The van der Waals surface area contributed by atoms with Gasteiger partial charge in [-0.2, -0.15) is 0 Å². The van der Waals surface area contributed by atoms with Crippen molar-refractivity contribution >= 4 is 22.6 Å². The molecule has 2 N–H and O–H groups in total. The largest absolute Gasteiger partial charge is 0.490 e. The fourth-order valence-corrected chi connectivity index (χ4v) is 4.33. The molecule has 158 valence electrons. The maximum atomic E-state index is 15.0. The van der Waals surface area contributed by atoms with Crippen LogP contribution < -0.4 is 10.1 Å². The zero-order valence-corrected chi connectivity index (χ0v) is 17.8. The third-order valence-electron chi connectivity index (χ3n) is 5.75. The molecule has 5 rings (SSSR count). The number of nitrogens with one attached hydrogen (secondary N) is 2. The molecule has 5 nitrogen and oxygen atoms in total. The molecule has 0 amide bonds. The van der Waals surface area contributed by atoms with Gasteiger partial charge in [0.25, 0.3) is 0 Å². The summed E-state index contributed by atoms with van der Waals surface area (Å²) in [5.74, 6) is 0.283. The molecule has 1 aliphatic rings. The van der Waals surface area contributed by atoms with Crippen LogP contribution in [-0.4, -0.2) is 34.1 Å². The standard InChI is InChI=1S/C24H22ClFN4O/c1-14-6-10-29-24-21(18-11-15(25)4-5-19(18)26)23(30-22(14)24)17-7-9-27-12-20(17)31-13-16-3-2-8-28-16/h4-7,9-12,16,28,30H,2-3,8,13H2,1H3/t16-/m0/s1. The highest BCUT2D eigenvalue weighted by atomic mass is 35.5. The van der Waals surface area contributed by atoms with Crippen molar-refractivity contribution in [3.63, 3.8) is 0 Å². The number of fused-ring (bicyclic) bond motifs is 1. The third kappa shape index (κ3) is 3.77. The van der Waals surface area contributed by atoms with E-state index in [2.05, 4.69) is 20.3 Å². The summed E-state index contributed by atoms with van der Waals surface area (Å²) in [7, 11) is 0. The molecule has 31 heavy (non-hydrogen) atoms. The summed E-state index contributed by atoms with van der Waals surface area (Å²) >= 11 is 6.23. The molecule has 1 aliphatic heterocycles. The van der Waals surface area contributed by atoms with E-state index in [4.69, 9.17) is 16.3 Å². The van der Waals surface area contributed by atoms with E-state index in [1.54, 1.807) is 30.7 Å². The highest BCUT2D eigenvalue weighted by Crippen LogP contribution is 2.42. The summed E-state index contributed by atoms with van der Waals surface area (Å²) in [6.45, 7) is 3.56. The van der Waals surface area contributed by atoms with E-state index in [1.165, 1.54) is 6.07 Å². The van der Waals surface area contributed by atoms with Crippen LogP contribution in [0.1, 0.15) is 18.4 Å². The van der Waals surface area contributed by atoms with Gasteiger partial charge in [0.2, 0.25) is 0 Å². The van der Waals surface area contributed by atoms with E-state index in [1.807, 2.05) is 19.1 Å². The van der Waals surface area contributed by atoms with Crippen LogP contribution in [0, 0.1) is 12.7 Å². The van der Waals surface area contributed by atoms with Gasteiger partial charge in [0.1, 0.15) is 18.2 Å². The fourth-order valence-electron chi connectivity index (χ4n) is 4.16. The Balaban J connectivity index is 1.69. The van der Waals surface area contributed by atoms with E-state index >= 15 is 0 Å². The first kappa shape index (κ1) is 20.0. The van der Waals surface area contributed by atoms with Crippen molar-refractivity contribution in [2.75, 3.05) is 13.2 Å². The summed E-state index contributed by atoms with van der Waals surface area (Å²) in [5, 5.41) is 3.90. The Morgan fingerprint density at radius 2 is 2.10 bits per heavy atom. The third-order valence-corrected chi connectivity index (χ3v) is 5.99. The van der Waals surface area contributed by atoms with Gasteiger partial charge in [0.15, 0.2) is 0 Å². The van der Waals surface area contributed by atoms with Crippen molar-refractivity contribution in [1.82, 2.24) is 20.3 Å². The summed E-state index contributed by atoms with van der Waals surface area (Å²) in [6.07, 6.45) is 7.38. The lowest BCUT2D eigenvalue weighted by Crippen LogP contribution is -2.28. The molecule has 1 aromatic carbocycles. The molecular formula is C24H22ClFN4O. The second kappa shape index (κ2) is 8.29. The second-order valence-electron chi connectivity index (χ2n) is 7.83. The van der Waals surface area contributed by atoms with Crippen LogP contribution in [0.2, 0.25) is 5.02 Å².